The van der Waals surface area contributed by atoms with E-state index in [4.69, 9.17) is 10.5 Å². The molecule has 0 amide bonds. The van der Waals surface area contributed by atoms with Gasteiger partial charge in [-0.15, -0.1) is 11.8 Å². The minimum Gasteiger partial charge on any atom is -0.488 e. The third-order valence-electron chi connectivity index (χ3n) is 2.75. The lowest BCUT2D eigenvalue weighted by Crippen LogP contribution is -2.00. The number of rotatable bonds is 5. The van der Waals surface area contributed by atoms with Crippen molar-refractivity contribution in [3.8, 4) is 5.75 Å². The van der Waals surface area contributed by atoms with Crippen molar-refractivity contribution in [1.82, 2.24) is 0 Å². The first-order valence-electron chi connectivity index (χ1n) is 5.90. The average Bonchev–Trinajstić information content (AvgIpc) is 2.46. The Hall–Kier alpha value is -2.21. The monoisotopic (exact) mass is 290 g/mol. The van der Waals surface area contributed by atoms with Crippen molar-refractivity contribution in [2.45, 2.75) is 11.5 Å². The number of nitrogens with zero attached hydrogens (tertiary/aromatic N) is 1. The van der Waals surface area contributed by atoms with Gasteiger partial charge in [0.25, 0.3) is 5.69 Å². The van der Waals surface area contributed by atoms with Crippen molar-refractivity contribution < 1.29 is 9.66 Å². The van der Waals surface area contributed by atoms with E-state index in [-0.39, 0.29) is 18.0 Å². The van der Waals surface area contributed by atoms with E-state index in [1.165, 1.54) is 12.1 Å². The Morgan fingerprint density at radius 1 is 1.30 bits per heavy atom. The summed E-state index contributed by atoms with van der Waals surface area (Å²) in [4.78, 5) is 11.4. The maximum absolute atomic E-state index is 10.8. The molecule has 0 aliphatic heterocycles. The number of anilines is 1. The van der Waals surface area contributed by atoms with E-state index >= 15 is 0 Å². The van der Waals surface area contributed by atoms with Crippen LogP contribution in [0.15, 0.2) is 47.4 Å². The standard InChI is InChI=1S/C14H14N2O3S/c1-20-14-5-3-2-4-13(14)19-9-10-6-7-11(15)12(8-10)16(17)18/h2-8H,9,15H2,1H3. The summed E-state index contributed by atoms with van der Waals surface area (Å²) in [7, 11) is 0. The minimum absolute atomic E-state index is 0.0933. The molecule has 0 bridgehead atoms. The number of ether oxygens (including phenoxy) is 1. The SMILES string of the molecule is CSc1ccccc1OCc1ccc(N)c([N+](=O)[O-])c1. The number of hydrogen-bond acceptors (Lipinski definition) is 5. The minimum atomic E-state index is -0.491. The highest BCUT2D eigenvalue weighted by molar-refractivity contribution is 7.98. The molecule has 0 saturated heterocycles. The quantitative estimate of drug-likeness (QED) is 0.395. The third-order valence-corrected chi connectivity index (χ3v) is 3.53. The van der Waals surface area contributed by atoms with Gasteiger partial charge in [0, 0.05) is 11.0 Å². The zero-order valence-electron chi connectivity index (χ0n) is 10.9. The molecule has 0 aliphatic rings. The Balaban J connectivity index is 2.15. The van der Waals surface area contributed by atoms with Gasteiger partial charge in [-0.05, 0) is 30.0 Å². The van der Waals surface area contributed by atoms with Gasteiger partial charge in [0.05, 0.1) is 4.92 Å². The second kappa shape index (κ2) is 6.29. The maximum Gasteiger partial charge on any atom is 0.292 e. The van der Waals surface area contributed by atoms with Gasteiger partial charge in [0.15, 0.2) is 0 Å². The van der Waals surface area contributed by atoms with Gasteiger partial charge in [-0.2, -0.15) is 0 Å². The number of nitrogen functional groups attached to an aromatic ring is 1. The van der Waals surface area contributed by atoms with Crippen LogP contribution in [0.1, 0.15) is 5.56 Å². The predicted molar refractivity (Wildman–Crippen MR) is 80.1 cm³/mol. The van der Waals surface area contributed by atoms with Crippen molar-refractivity contribution in [3.05, 3.63) is 58.1 Å². The van der Waals surface area contributed by atoms with Crippen LogP contribution < -0.4 is 10.5 Å². The highest BCUT2D eigenvalue weighted by atomic mass is 32.2. The molecule has 0 heterocycles. The lowest BCUT2D eigenvalue weighted by molar-refractivity contribution is -0.384. The highest BCUT2D eigenvalue weighted by Crippen LogP contribution is 2.28. The van der Waals surface area contributed by atoms with Gasteiger partial charge >= 0.3 is 0 Å². The van der Waals surface area contributed by atoms with Crippen molar-refractivity contribution >= 4 is 23.1 Å². The van der Waals surface area contributed by atoms with Gasteiger partial charge in [0.2, 0.25) is 0 Å². The van der Waals surface area contributed by atoms with E-state index < -0.39 is 4.92 Å². The first-order chi connectivity index (χ1) is 9.61. The maximum atomic E-state index is 10.8. The van der Waals surface area contributed by atoms with Gasteiger partial charge in [-0.3, -0.25) is 10.1 Å². The fraction of sp³-hybridized carbons (Fsp3) is 0.143. The van der Waals surface area contributed by atoms with Crippen LogP contribution in [-0.4, -0.2) is 11.2 Å². The van der Waals surface area contributed by atoms with Crippen molar-refractivity contribution in [2.75, 3.05) is 12.0 Å². The number of hydrogen-bond donors (Lipinski definition) is 1. The van der Waals surface area contributed by atoms with Crippen LogP contribution in [-0.2, 0) is 6.61 Å². The molecule has 2 rings (SSSR count). The molecule has 0 aliphatic carbocycles. The number of para-hydroxylation sites is 1. The van der Waals surface area contributed by atoms with Crippen molar-refractivity contribution in [1.29, 1.82) is 0 Å². The molecule has 0 atom stereocenters. The molecule has 0 unspecified atom stereocenters. The number of benzene rings is 2. The third kappa shape index (κ3) is 3.21. The molecule has 2 N–H and O–H groups in total. The summed E-state index contributed by atoms with van der Waals surface area (Å²) in [5.41, 5.74) is 6.33. The lowest BCUT2D eigenvalue weighted by atomic mass is 10.2. The largest absolute Gasteiger partial charge is 0.488 e. The molecule has 104 valence electrons. The molecule has 2 aromatic carbocycles. The highest BCUT2D eigenvalue weighted by Gasteiger charge is 2.12. The first kappa shape index (κ1) is 14.2. The van der Waals surface area contributed by atoms with Crippen LogP contribution in [0.4, 0.5) is 11.4 Å². The smallest absolute Gasteiger partial charge is 0.292 e. The summed E-state index contributed by atoms with van der Waals surface area (Å²) < 4.78 is 5.70. The van der Waals surface area contributed by atoms with E-state index in [9.17, 15) is 10.1 Å². The molecule has 0 aromatic heterocycles. The van der Waals surface area contributed by atoms with Gasteiger partial charge in [0.1, 0.15) is 18.0 Å². The zero-order valence-corrected chi connectivity index (χ0v) is 11.7. The van der Waals surface area contributed by atoms with E-state index in [1.807, 2.05) is 30.5 Å². The Labute approximate surface area is 120 Å². The van der Waals surface area contributed by atoms with Gasteiger partial charge in [-0.1, -0.05) is 18.2 Å². The molecule has 5 nitrogen and oxygen atoms in total. The summed E-state index contributed by atoms with van der Waals surface area (Å²) in [5, 5.41) is 10.8. The van der Waals surface area contributed by atoms with Crippen LogP contribution >= 0.6 is 11.8 Å². The summed E-state index contributed by atoms with van der Waals surface area (Å²) in [5.74, 6) is 0.763. The van der Waals surface area contributed by atoms with Crippen LogP contribution in [0, 0.1) is 10.1 Å². The number of thioether (sulfide) groups is 1. The fourth-order valence-electron chi connectivity index (χ4n) is 1.74. The Bertz CT molecular complexity index is 632. The lowest BCUT2D eigenvalue weighted by Gasteiger charge is -2.10. The Morgan fingerprint density at radius 3 is 2.75 bits per heavy atom. The van der Waals surface area contributed by atoms with E-state index in [1.54, 1.807) is 17.8 Å². The molecule has 0 saturated carbocycles. The molecule has 0 fully saturated rings. The van der Waals surface area contributed by atoms with Gasteiger partial charge < -0.3 is 10.5 Å². The summed E-state index contributed by atoms with van der Waals surface area (Å²) in [6, 6.07) is 12.4. The Kier molecular flexibility index (Phi) is 4.47. The molecule has 0 spiro atoms. The topological polar surface area (TPSA) is 78.4 Å². The molecular formula is C14H14N2O3S. The van der Waals surface area contributed by atoms with Crippen LogP contribution in [0.5, 0.6) is 5.75 Å². The first-order valence-corrected chi connectivity index (χ1v) is 7.13. The Morgan fingerprint density at radius 2 is 2.05 bits per heavy atom. The summed E-state index contributed by atoms with van der Waals surface area (Å²) >= 11 is 1.59. The summed E-state index contributed by atoms with van der Waals surface area (Å²) in [6.07, 6.45) is 1.97. The van der Waals surface area contributed by atoms with E-state index in [0.29, 0.717) is 5.56 Å². The number of nitro benzene ring substituents is 1. The molecule has 0 radical (unpaired) electrons. The second-order valence-corrected chi connectivity index (χ2v) is 4.94. The average molecular weight is 290 g/mol. The zero-order chi connectivity index (χ0) is 14.5. The number of nitro groups is 1. The predicted octanol–water partition coefficient (Wildman–Crippen LogP) is 3.48. The van der Waals surface area contributed by atoms with E-state index in [0.717, 1.165) is 10.6 Å². The van der Waals surface area contributed by atoms with Crippen LogP contribution in [0.3, 0.4) is 0 Å². The van der Waals surface area contributed by atoms with Crippen molar-refractivity contribution in [2.24, 2.45) is 0 Å². The van der Waals surface area contributed by atoms with Crippen LogP contribution in [0.2, 0.25) is 0 Å². The second-order valence-electron chi connectivity index (χ2n) is 4.09. The normalized spacial score (nSPS) is 10.2. The van der Waals surface area contributed by atoms with Gasteiger partial charge in [-0.25, -0.2) is 0 Å². The van der Waals surface area contributed by atoms with E-state index in [2.05, 4.69) is 0 Å². The van der Waals surface area contributed by atoms with Crippen LogP contribution in [0.25, 0.3) is 0 Å². The van der Waals surface area contributed by atoms with Crippen molar-refractivity contribution in [3.63, 3.8) is 0 Å². The number of nitrogens with two attached hydrogens (primary N) is 1. The molecule has 20 heavy (non-hydrogen) atoms. The molecule has 2 aromatic rings. The summed E-state index contributed by atoms with van der Waals surface area (Å²) in [6.45, 7) is 0.263. The fourth-order valence-corrected chi connectivity index (χ4v) is 2.28. The molecular weight excluding hydrogens is 276 g/mol. The molecule has 6 heteroatoms.